The Morgan fingerprint density at radius 3 is 2.52 bits per heavy atom. The smallest absolute Gasteiger partial charge is 0.191 e. The normalized spacial score (nSPS) is 12.4. The van der Waals surface area contributed by atoms with Crippen LogP contribution in [-0.2, 0) is 11.3 Å². The molecule has 0 spiro atoms. The lowest BCUT2D eigenvalue weighted by Gasteiger charge is -2.18. The van der Waals surface area contributed by atoms with Crippen LogP contribution in [0.25, 0.3) is 0 Å². The molecule has 0 fully saturated rings. The molecule has 0 aliphatic heterocycles. The number of methoxy groups -OCH3 is 1. The monoisotopic (exact) mass is 474 g/mol. The second-order valence-corrected chi connectivity index (χ2v) is 6.75. The number of benzene rings is 1. The zero-order valence-corrected chi connectivity index (χ0v) is 18.4. The minimum atomic E-state index is -0.0144. The predicted octanol–water partition coefficient (Wildman–Crippen LogP) is 3.82. The summed E-state index contributed by atoms with van der Waals surface area (Å²) in [5, 5.41) is 7.65. The van der Waals surface area contributed by atoms with Crippen LogP contribution in [-0.4, -0.2) is 31.1 Å². The first-order chi connectivity index (χ1) is 11.6. The Morgan fingerprint density at radius 1 is 1.24 bits per heavy atom. The number of guanidine groups is 1. The molecule has 0 aliphatic carbocycles. The van der Waals surface area contributed by atoms with Gasteiger partial charge in [0.25, 0.3) is 0 Å². The Balaban J connectivity index is 0.00000312. The van der Waals surface area contributed by atoms with Gasteiger partial charge in [-0.15, -0.1) is 35.3 Å². The molecule has 138 valence electrons. The molecule has 5 nitrogen and oxygen atoms in total. The van der Waals surface area contributed by atoms with Crippen LogP contribution in [0.5, 0.6) is 0 Å². The van der Waals surface area contributed by atoms with Gasteiger partial charge in [-0.1, -0.05) is 30.3 Å². The number of aryl methyl sites for hydroxylation is 2. The maximum Gasteiger partial charge on any atom is 0.191 e. The zero-order chi connectivity index (χ0) is 17.4. The van der Waals surface area contributed by atoms with Crippen LogP contribution in [0.1, 0.15) is 34.2 Å². The highest BCUT2D eigenvalue weighted by molar-refractivity contribution is 14.0. The highest BCUT2D eigenvalue weighted by Crippen LogP contribution is 2.17. The molecule has 1 heterocycles. The summed E-state index contributed by atoms with van der Waals surface area (Å²) in [6.07, 6.45) is -0.0144. The molecule has 1 aromatic heterocycles. The van der Waals surface area contributed by atoms with Crippen LogP contribution in [0.15, 0.2) is 35.3 Å². The van der Waals surface area contributed by atoms with Gasteiger partial charge in [-0.3, -0.25) is 0 Å². The molecular weight excluding hydrogens is 447 g/mol. The van der Waals surface area contributed by atoms with Crippen LogP contribution in [0.4, 0.5) is 0 Å². The number of rotatable bonds is 7. The third-order valence-electron chi connectivity index (χ3n) is 3.70. The molecule has 2 aromatic rings. The van der Waals surface area contributed by atoms with E-state index in [1.165, 1.54) is 4.88 Å². The highest BCUT2D eigenvalue weighted by Gasteiger charge is 2.11. The molecule has 0 saturated heterocycles. The SMILES string of the molecule is CCNC(=NCc1nc(C)c(C)s1)NCC(OC)c1ccccc1.I. The number of halogens is 1. The molecule has 25 heavy (non-hydrogen) atoms. The summed E-state index contributed by atoms with van der Waals surface area (Å²) in [6.45, 7) is 8.23. The second kappa shape index (κ2) is 11.4. The fourth-order valence-electron chi connectivity index (χ4n) is 2.29. The fraction of sp³-hybridized carbons (Fsp3) is 0.444. The van der Waals surface area contributed by atoms with E-state index >= 15 is 0 Å². The van der Waals surface area contributed by atoms with E-state index in [0.717, 1.165) is 28.8 Å². The van der Waals surface area contributed by atoms with Gasteiger partial charge in [0.05, 0.1) is 18.3 Å². The van der Waals surface area contributed by atoms with Gasteiger partial charge in [-0.25, -0.2) is 9.98 Å². The van der Waals surface area contributed by atoms with E-state index < -0.39 is 0 Å². The lowest BCUT2D eigenvalue weighted by molar-refractivity contribution is 0.106. The van der Waals surface area contributed by atoms with E-state index in [1.54, 1.807) is 18.4 Å². The van der Waals surface area contributed by atoms with E-state index in [1.807, 2.05) is 25.1 Å². The van der Waals surface area contributed by atoms with Crippen LogP contribution < -0.4 is 10.6 Å². The number of aromatic nitrogens is 1. The number of hydrogen-bond acceptors (Lipinski definition) is 4. The number of hydrogen-bond donors (Lipinski definition) is 2. The zero-order valence-electron chi connectivity index (χ0n) is 15.2. The number of aliphatic imine (C=N–C) groups is 1. The van der Waals surface area contributed by atoms with Crippen molar-refractivity contribution in [3.63, 3.8) is 0 Å². The van der Waals surface area contributed by atoms with Crippen LogP contribution in [0.2, 0.25) is 0 Å². The molecule has 0 aliphatic rings. The highest BCUT2D eigenvalue weighted by atomic mass is 127. The molecule has 1 atom stereocenters. The molecule has 0 radical (unpaired) electrons. The molecule has 1 unspecified atom stereocenters. The summed E-state index contributed by atoms with van der Waals surface area (Å²) in [5.41, 5.74) is 2.24. The van der Waals surface area contributed by atoms with Crippen molar-refractivity contribution in [3.05, 3.63) is 51.5 Å². The van der Waals surface area contributed by atoms with Gasteiger partial charge in [0, 0.05) is 25.1 Å². The van der Waals surface area contributed by atoms with Gasteiger partial charge >= 0.3 is 0 Å². The molecular formula is C18H27IN4OS. The Bertz CT molecular complexity index is 641. The van der Waals surface area contributed by atoms with E-state index in [9.17, 15) is 0 Å². The Kier molecular flexibility index (Phi) is 9.99. The molecule has 1 aromatic carbocycles. The number of nitrogens with zero attached hydrogens (tertiary/aromatic N) is 2. The van der Waals surface area contributed by atoms with Crippen LogP contribution >= 0.6 is 35.3 Å². The Labute approximate surface area is 171 Å². The molecule has 7 heteroatoms. The lowest BCUT2D eigenvalue weighted by atomic mass is 10.1. The summed E-state index contributed by atoms with van der Waals surface area (Å²) in [6, 6.07) is 10.2. The molecule has 0 amide bonds. The topological polar surface area (TPSA) is 58.5 Å². The van der Waals surface area contributed by atoms with Crippen molar-refractivity contribution in [1.29, 1.82) is 0 Å². The molecule has 2 N–H and O–H groups in total. The minimum Gasteiger partial charge on any atom is -0.375 e. The van der Waals surface area contributed by atoms with Crippen molar-refractivity contribution in [2.75, 3.05) is 20.2 Å². The second-order valence-electron chi connectivity index (χ2n) is 5.46. The molecule has 0 bridgehead atoms. The first kappa shape index (κ1) is 21.9. The summed E-state index contributed by atoms with van der Waals surface area (Å²) >= 11 is 1.70. The largest absolute Gasteiger partial charge is 0.375 e. The van der Waals surface area contributed by atoms with Gasteiger partial charge in [-0.05, 0) is 26.3 Å². The van der Waals surface area contributed by atoms with Gasteiger partial charge in [0.15, 0.2) is 5.96 Å². The Hall–Kier alpha value is -1.19. The summed E-state index contributed by atoms with van der Waals surface area (Å²) < 4.78 is 5.59. The van der Waals surface area contributed by atoms with Crippen LogP contribution in [0.3, 0.4) is 0 Å². The average Bonchev–Trinajstić information content (AvgIpc) is 2.92. The van der Waals surface area contributed by atoms with Crippen molar-refractivity contribution in [3.8, 4) is 0 Å². The minimum absolute atomic E-state index is 0. The molecule has 0 saturated carbocycles. The van der Waals surface area contributed by atoms with Crippen molar-refractivity contribution in [2.45, 2.75) is 33.4 Å². The Morgan fingerprint density at radius 2 is 1.96 bits per heavy atom. The summed E-state index contributed by atoms with van der Waals surface area (Å²) in [5.74, 6) is 0.779. The third-order valence-corrected chi connectivity index (χ3v) is 4.76. The number of ether oxygens (including phenoxy) is 1. The number of thiazole rings is 1. The van der Waals surface area contributed by atoms with E-state index in [4.69, 9.17) is 4.74 Å². The predicted molar refractivity (Wildman–Crippen MR) is 116 cm³/mol. The van der Waals surface area contributed by atoms with Crippen LogP contribution in [0, 0.1) is 13.8 Å². The van der Waals surface area contributed by atoms with Gasteiger partial charge < -0.3 is 15.4 Å². The molecule has 2 rings (SSSR count). The van der Waals surface area contributed by atoms with Crippen molar-refractivity contribution in [1.82, 2.24) is 15.6 Å². The maximum absolute atomic E-state index is 5.59. The van der Waals surface area contributed by atoms with Crippen molar-refractivity contribution in [2.24, 2.45) is 4.99 Å². The first-order valence-corrected chi connectivity index (χ1v) is 8.98. The van der Waals surface area contributed by atoms with E-state index in [2.05, 4.69) is 46.6 Å². The van der Waals surface area contributed by atoms with Gasteiger partial charge in [0.1, 0.15) is 5.01 Å². The number of nitrogens with one attached hydrogen (secondary N) is 2. The fourth-order valence-corrected chi connectivity index (χ4v) is 3.15. The lowest BCUT2D eigenvalue weighted by Crippen LogP contribution is -2.39. The van der Waals surface area contributed by atoms with E-state index in [-0.39, 0.29) is 30.1 Å². The quantitative estimate of drug-likeness (QED) is 0.364. The average molecular weight is 474 g/mol. The maximum atomic E-state index is 5.59. The van der Waals surface area contributed by atoms with Gasteiger partial charge in [-0.2, -0.15) is 0 Å². The first-order valence-electron chi connectivity index (χ1n) is 8.16. The summed E-state index contributed by atoms with van der Waals surface area (Å²) in [7, 11) is 1.73. The standard InChI is InChI=1S/C18H26N4OS.HI/c1-5-19-18(21-12-17-22-13(2)14(3)24-17)20-11-16(23-4)15-9-7-6-8-10-15;/h6-10,16H,5,11-12H2,1-4H3,(H2,19,20,21);1H. The third kappa shape index (κ3) is 6.91. The van der Waals surface area contributed by atoms with E-state index in [0.29, 0.717) is 13.1 Å². The van der Waals surface area contributed by atoms with Crippen molar-refractivity contribution < 1.29 is 4.74 Å². The van der Waals surface area contributed by atoms with Crippen molar-refractivity contribution >= 4 is 41.3 Å². The van der Waals surface area contributed by atoms with Gasteiger partial charge in [0.2, 0.25) is 0 Å². The summed E-state index contributed by atoms with van der Waals surface area (Å²) in [4.78, 5) is 10.4.